The van der Waals surface area contributed by atoms with Crippen LogP contribution in [-0.2, 0) is 0 Å². The van der Waals surface area contributed by atoms with E-state index in [9.17, 15) is 14.3 Å². The summed E-state index contributed by atoms with van der Waals surface area (Å²) < 4.78 is 13.4. The summed E-state index contributed by atoms with van der Waals surface area (Å²) in [4.78, 5) is 12.2. The first-order valence-corrected chi connectivity index (χ1v) is 6.36. The van der Waals surface area contributed by atoms with Crippen molar-refractivity contribution in [3.63, 3.8) is 0 Å². The molecule has 2 unspecified atom stereocenters. The number of thioether (sulfide) groups is 1. The van der Waals surface area contributed by atoms with E-state index in [0.717, 1.165) is 4.90 Å². The molecule has 0 fully saturated rings. The Labute approximate surface area is 105 Å². The van der Waals surface area contributed by atoms with Crippen LogP contribution >= 0.6 is 11.8 Å². The fraction of sp³-hybridized carbons (Fsp3) is 0.462. The molecule has 0 saturated carbocycles. The SMILES string of the molecule is CC(=O)c1cc(F)c(C)cc1SC(C)C(C)O. The van der Waals surface area contributed by atoms with Crippen molar-refractivity contribution in [2.24, 2.45) is 0 Å². The number of ketones is 1. The van der Waals surface area contributed by atoms with E-state index in [0.29, 0.717) is 11.1 Å². The number of Topliss-reactive ketones (excluding diaryl/α,β-unsaturated/α-hetero) is 1. The largest absolute Gasteiger partial charge is 0.392 e. The second-order valence-electron chi connectivity index (χ2n) is 4.22. The highest BCUT2D eigenvalue weighted by atomic mass is 32.2. The number of benzene rings is 1. The summed E-state index contributed by atoms with van der Waals surface area (Å²) in [5.41, 5.74) is 0.890. The molecular formula is C13H17FO2S. The number of carbonyl (C=O) groups excluding carboxylic acids is 1. The monoisotopic (exact) mass is 256 g/mol. The summed E-state index contributed by atoms with van der Waals surface area (Å²) in [5, 5.41) is 9.41. The summed E-state index contributed by atoms with van der Waals surface area (Å²) in [6.45, 7) is 6.65. The van der Waals surface area contributed by atoms with E-state index in [1.165, 1.54) is 24.8 Å². The molecule has 1 rings (SSSR count). The number of hydrogen-bond acceptors (Lipinski definition) is 3. The lowest BCUT2D eigenvalue weighted by atomic mass is 10.1. The van der Waals surface area contributed by atoms with Crippen molar-refractivity contribution in [1.29, 1.82) is 0 Å². The Morgan fingerprint density at radius 2 is 2.00 bits per heavy atom. The minimum atomic E-state index is -0.481. The van der Waals surface area contributed by atoms with E-state index in [2.05, 4.69) is 0 Å². The molecule has 0 aliphatic heterocycles. The molecule has 0 heterocycles. The second kappa shape index (κ2) is 5.65. The standard InChI is InChI=1S/C13H17FO2S/c1-7-5-13(17-10(4)8(2)15)11(9(3)16)6-12(7)14/h5-6,8,10,15H,1-4H3. The molecule has 0 aromatic heterocycles. The van der Waals surface area contributed by atoms with Gasteiger partial charge in [0.2, 0.25) is 0 Å². The third-order valence-electron chi connectivity index (χ3n) is 2.63. The first-order valence-electron chi connectivity index (χ1n) is 5.48. The number of aliphatic hydroxyl groups is 1. The van der Waals surface area contributed by atoms with Crippen LogP contribution in [0.3, 0.4) is 0 Å². The Morgan fingerprint density at radius 3 is 2.47 bits per heavy atom. The number of aliphatic hydroxyl groups excluding tert-OH is 1. The molecule has 17 heavy (non-hydrogen) atoms. The molecule has 0 radical (unpaired) electrons. The molecular weight excluding hydrogens is 239 g/mol. The van der Waals surface area contributed by atoms with Gasteiger partial charge in [-0.3, -0.25) is 4.79 Å². The maximum absolute atomic E-state index is 13.4. The Balaban J connectivity index is 3.13. The van der Waals surface area contributed by atoms with Crippen molar-refractivity contribution in [2.75, 3.05) is 0 Å². The van der Waals surface area contributed by atoms with Gasteiger partial charge in [0.05, 0.1) is 6.10 Å². The van der Waals surface area contributed by atoms with Crippen LogP contribution < -0.4 is 0 Å². The zero-order valence-corrected chi connectivity index (χ0v) is 11.3. The molecule has 0 bridgehead atoms. The predicted molar refractivity (Wildman–Crippen MR) is 68.1 cm³/mol. The topological polar surface area (TPSA) is 37.3 Å². The molecule has 0 aliphatic rings. The molecule has 0 amide bonds. The Bertz CT molecular complexity index is 430. The van der Waals surface area contributed by atoms with Crippen molar-refractivity contribution < 1.29 is 14.3 Å². The number of rotatable bonds is 4. The van der Waals surface area contributed by atoms with Crippen molar-refractivity contribution in [3.05, 3.63) is 29.1 Å². The number of hydrogen-bond donors (Lipinski definition) is 1. The maximum atomic E-state index is 13.4. The van der Waals surface area contributed by atoms with Gasteiger partial charge in [-0.05, 0) is 38.5 Å². The van der Waals surface area contributed by atoms with Gasteiger partial charge in [0, 0.05) is 15.7 Å². The average Bonchev–Trinajstić information content (AvgIpc) is 2.22. The van der Waals surface area contributed by atoms with E-state index < -0.39 is 6.10 Å². The van der Waals surface area contributed by atoms with Crippen LogP contribution in [0.1, 0.15) is 36.7 Å². The molecule has 1 aromatic carbocycles. The smallest absolute Gasteiger partial charge is 0.161 e. The van der Waals surface area contributed by atoms with Gasteiger partial charge in [0.25, 0.3) is 0 Å². The minimum Gasteiger partial charge on any atom is -0.392 e. The molecule has 4 heteroatoms. The van der Waals surface area contributed by atoms with E-state index in [-0.39, 0.29) is 16.9 Å². The van der Waals surface area contributed by atoms with Gasteiger partial charge in [0.15, 0.2) is 5.78 Å². The van der Waals surface area contributed by atoms with Gasteiger partial charge in [-0.2, -0.15) is 0 Å². The third-order valence-corrected chi connectivity index (χ3v) is 3.99. The van der Waals surface area contributed by atoms with Gasteiger partial charge in [-0.25, -0.2) is 4.39 Å². The Kier molecular flexibility index (Phi) is 4.71. The van der Waals surface area contributed by atoms with Crippen LogP contribution in [0.4, 0.5) is 4.39 Å². The van der Waals surface area contributed by atoms with Crippen molar-refractivity contribution >= 4 is 17.5 Å². The molecule has 1 N–H and O–H groups in total. The van der Waals surface area contributed by atoms with E-state index >= 15 is 0 Å². The fourth-order valence-electron chi connectivity index (χ4n) is 1.33. The number of carbonyl (C=O) groups is 1. The normalized spacial score (nSPS) is 14.5. The van der Waals surface area contributed by atoms with Crippen LogP contribution in [0.15, 0.2) is 17.0 Å². The molecule has 1 aromatic rings. The quantitative estimate of drug-likeness (QED) is 0.664. The highest BCUT2D eigenvalue weighted by molar-refractivity contribution is 8.00. The van der Waals surface area contributed by atoms with Crippen LogP contribution in [0.5, 0.6) is 0 Å². The number of aryl methyl sites for hydroxylation is 1. The second-order valence-corrected chi connectivity index (χ2v) is 5.64. The van der Waals surface area contributed by atoms with Gasteiger partial charge in [0.1, 0.15) is 5.82 Å². The summed E-state index contributed by atoms with van der Waals surface area (Å²) in [7, 11) is 0. The van der Waals surface area contributed by atoms with Gasteiger partial charge < -0.3 is 5.11 Å². The summed E-state index contributed by atoms with van der Waals surface area (Å²) in [6, 6.07) is 2.93. The Morgan fingerprint density at radius 1 is 1.41 bits per heavy atom. The summed E-state index contributed by atoms with van der Waals surface area (Å²) in [6.07, 6.45) is -0.481. The molecule has 2 nitrogen and oxygen atoms in total. The fourth-order valence-corrected chi connectivity index (χ4v) is 2.50. The van der Waals surface area contributed by atoms with Gasteiger partial charge >= 0.3 is 0 Å². The van der Waals surface area contributed by atoms with Crippen LogP contribution in [0, 0.1) is 12.7 Å². The lowest BCUT2D eigenvalue weighted by molar-refractivity contribution is 0.101. The van der Waals surface area contributed by atoms with Crippen molar-refractivity contribution in [2.45, 2.75) is 43.9 Å². The summed E-state index contributed by atoms with van der Waals surface area (Å²) in [5.74, 6) is -0.534. The van der Waals surface area contributed by atoms with E-state index in [1.807, 2.05) is 6.92 Å². The van der Waals surface area contributed by atoms with Crippen molar-refractivity contribution in [3.8, 4) is 0 Å². The first-order chi connectivity index (χ1) is 7.82. The zero-order valence-electron chi connectivity index (χ0n) is 10.5. The van der Waals surface area contributed by atoms with E-state index in [4.69, 9.17) is 0 Å². The maximum Gasteiger partial charge on any atom is 0.161 e. The average molecular weight is 256 g/mol. The highest BCUT2D eigenvalue weighted by Gasteiger charge is 2.16. The Hall–Kier alpha value is -0.870. The van der Waals surface area contributed by atoms with Crippen LogP contribution in [0.25, 0.3) is 0 Å². The molecule has 0 spiro atoms. The zero-order chi connectivity index (χ0) is 13.2. The highest BCUT2D eigenvalue weighted by Crippen LogP contribution is 2.30. The van der Waals surface area contributed by atoms with Crippen LogP contribution in [-0.4, -0.2) is 22.2 Å². The predicted octanol–water partition coefficient (Wildman–Crippen LogP) is 3.20. The molecule has 94 valence electrons. The lowest BCUT2D eigenvalue weighted by Crippen LogP contribution is -2.15. The van der Waals surface area contributed by atoms with Gasteiger partial charge in [-0.1, -0.05) is 6.92 Å². The lowest BCUT2D eigenvalue weighted by Gasteiger charge is -2.16. The van der Waals surface area contributed by atoms with Crippen LogP contribution in [0.2, 0.25) is 0 Å². The first kappa shape index (κ1) is 14.2. The molecule has 2 atom stereocenters. The third kappa shape index (κ3) is 3.54. The number of halogens is 1. The summed E-state index contributed by atoms with van der Waals surface area (Å²) >= 11 is 1.39. The van der Waals surface area contributed by atoms with Gasteiger partial charge in [-0.15, -0.1) is 11.8 Å². The van der Waals surface area contributed by atoms with Crippen molar-refractivity contribution in [1.82, 2.24) is 0 Å². The van der Waals surface area contributed by atoms with E-state index in [1.54, 1.807) is 19.9 Å². The molecule has 0 aliphatic carbocycles. The minimum absolute atomic E-state index is 0.0436. The molecule has 0 saturated heterocycles.